The predicted octanol–water partition coefficient (Wildman–Crippen LogP) is 0.719. The lowest BCUT2D eigenvalue weighted by molar-refractivity contribution is -0.301. The van der Waals surface area contributed by atoms with Gasteiger partial charge in [-0.3, -0.25) is 9.35 Å². The highest BCUT2D eigenvalue weighted by atomic mass is 32.3. The molecular formula is C21H40O12S. The molecular weight excluding hydrogens is 476 g/mol. The van der Waals surface area contributed by atoms with Crippen molar-refractivity contribution in [2.75, 3.05) is 26.4 Å². The van der Waals surface area contributed by atoms with E-state index in [-0.39, 0.29) is 13.2 Å². The molecule has 0 aromatic heterocycles. The van der Waals surface area contributed by atoms with Gasteiger partial charge in [0, 0.05) is 13.5 Å². The number of unbranched alkanes of at least 4 members (excludes halogenated alkanes) is 7. The second kappa shape index (κ2) is 16.7. The highest BCUT2D eigenvalue weighted by molar-refractivity contribution is 7.80. The highest BCUT2D eigenvalue weighted by Gasteiger charge is 2.47. The van der Waals surface area contributed by atoms with E-state index >= 15 is 0 Å². The van der Waals surface area contributed by atoms with Crippen molar-refractivity contribution in [3.8, 4) is 0 Å². The Morgan fingerprint density at radius 2 is 1.62 bits per heavy atom. The highest BCUT2D eigenvalue weighted by Crippen LogP contribution is 2.25. The second-order valence-electron chi connectivity index (χ2n) is 8.31. The largest absolute Gasteiger partial charge is 0.458 e. The van der Waals surface area contributed by atoms with Gasteiger partial charge in [-0.15, -0.1) is 0 Å². The quantitative estimate of drug-likeness (QED) is 0.114. The third-order valence-electron chi connectivity index (χ3n) is 5.28. The Bertz CT molecular complexity index is 658. The fourth-order valence-corrected chi connectivity index (χ4v) is 4.06. The molecule has 4 N–H and O–H groups in total. The van der Waals surface area contributed by atoms with Crippen molar-refractivity contribution in [3.05, 3.63) is 0 Å². The predicted molar refractivity (Wildman–Crippen MR) is 119 cm³/mol. The van der Waals surface area contributed by atoms with Crippen LogP contribution in [0, 0.1) is 0 Å². The van der Waals surface area contributed by atoms with Gasteiger partial charge in [0.05, 0.1) is 19.8 Å². The van der Waals surface area contributed by atoms with Gasteiger partial charge in [-0.1, -0.05) is 51.9 Å². The first-order valence-corrected chi connectivity index (χ1v) is 13.1. The maximum Gasteiger partial charge on any atom is 0.397 e. The molecule has 202 valence electrons. The Morgan fingerprint density at radius 1 is 1.00 bits per heavy atom. The fraction of sp³-hybridized carbons (Fsp3) is 0.952. The van der Waals surface area contributed by atoms with Crippen LogP contribution in [0.25, 0.3) is 0 Å². The Balaban J connectivity index is 2.49. The number of rotatable bonds is 18. The third kappa shape index (κ3) is 12.7. The molecule has 1 saturated heterocycles. The van der Waals surface area contributed by atoms with Gasteiger partial charge in [0.2, 0.25) is 0 Å². The Hall–Kier alpha value is -0.900. The van der Waals surface area contributed by atoms with Crippen LogP contribution in [-0.2, 0) is 38.3 Å². The van der Waals surface area contributed by atoms with E-state index in [2.05, 4.69) is 11.1 Å². The molecule has 0 bridgehead atoms. The normalized spacial score (nSPS) is 26.4. The number of aliphatic hydroxyl groups excluding tert-OH is 3. The molecule has 1 fully saturated rings. The van der Waals surface area contributed by atoms with Crippen molar-refractivity contribution >= 4 is 16.4 Å². The lowest BCUT2D eigenvalue weighted by Gasteiger charge is -2.41. The molecule has 1 rings (SSSR count). The van der Waals surface area contributed by atoms with Crippen LogP contribution in [0.3, 0.4) is 0 Å². The van der Waals surface area contributed by atoms with E-state index in [4.69, 9.17) is 23.5 Å². The van der Waals surface area contributed by atoms with E-state index < -0.39 is 59.8 Å². The molecule has 6 atom stereocenters. The average Bonchev–Trinajstić information content (AvgIpc) is 2.76. The van der Waals surface area contributed by atoms with Gasteiger partial charge in [0.1, 0.15) is 30.5 Å². The standard InChI is InChI=1S/C21H40O12S/c1-3-4-5-6-7-8-9-10-11-29-13-16(31-15(2)23)14-30-21-19(25)20(33-34(26,27)28)18(24)17(12-22)32-21/h16-22,24-25H,3-14H2,1-2H3,(H,26,27,28). The molecule has 0 spiro atoms. The zero-order chi connectivity index (χ0) is 25.6. The molecule has 0 amide bonds. The van der Waals surface area contributed by atoms with E-state index in [9.17, 15) is 28.5 Å². The Kier molecular flexibility index (Phi) is 15.3. The number of hydrogen-bond acceptors (Lipinski definition) is 11. The molecule has 0 radical (unpaired) electrons. The molecule has 1 aliphatic heterocycles. The van der Waals surface area contributed by atoms with Crippen LogP contribution in [0.15, 0.2) is 0 Å². The molecule has 1 aliphatic rings. The molecule has 1 heterocycles. The molecule has 0 aliphatic carbocycles. The van der Waals surface area contributed by atoms with E-state index in [1.165, 1.54) is 39.0 Å². The van der Waals surface area contributed by atoms with Gasteiger partial charge in [-0.25, -0.2) is 4.18 Å². The minimum atomic E-state index is -5.02. The van der Waals surface area contributed by atoms with E-state index in [0.717, 1.165) is 19.3 Å². The maximum absolute atomic E-state index is 11.4. The number of carbonyl (C=O) groups is 1. The number of hydrogen-bond donors (Lipinski definition) is 4. The summed E-state index contributed by atoms with van der Waals surface area (Å²) in [5.41, 5.74) is 0. The van der Waals surface area contributed by atoms with Crippen molar-refractivity contribution in [3.63, 3.8) is 0 Å². The van der Waals surface area contributed by atoms with Crippen LogP contribution >= 0.6 is 0 Å². The summed E-state index contributed by atoms with van der Waals surface area (Å²) in [5.74, 6) is -0.578. The molecule has 6 unspecified atom stereocenters. The smallest absolute Gasteiger partial charge is 0.397 e. The number of aliphatic hydroxyl groups is 3. The number of carbonyl (C=O) groups excluding carboxylic acids is 1. The van der Waals surface area contributed by atoms with Crippen LogP contribution < -0.4 is 0 Å². The number of esters is 1. The molecule has 0 aromatic rings. The minimum absolute atomic E-state index is 0.0237. The van der Waals surface area contributed by atoms with Gasteiger partial charge in [-0.2, -0.15) is 8.42 Å². The monoisotopic (exact) mass is 516 g/mol. The van der Waals surface area contributed by atoms with E-state index in [0.29, 0.717) is 6.61 Å². The van der Waals surface area contributed by atoms with E-state index in [1.807, 2.05) is 0 Å². The SMILES string of the molecule is CCCCCCCCCCOCC(COC1OC(CO)C(O)C(OS(=O)(=O)O)C1O)OC(C)=O. The summed E-state index contributed by atoms with van der Waals surface area (Å²) in [6.07, 6.45) is -0.00219. The summed E-state index contributed by atoms with van der Waals surface area (Å²) < 4.78 is 56.7. The minimum Gasteiger partial charge on any atom is -0.458 e. The van der Waals surface area contributed by atoms with Gasteiger partial charge in [0.25, 0.3) is 0 Å². The fourth-order valence-electron chi connectivity index (χ4n) is 3.55. The van der Waals surface area contributed by atoms with Gasteiger partial charge in [0.15, 0.2) is 6.29 Å². The molecule has 13 heteroatoms. The Morgan fingerprint density at radius 3 is 2.18 bits per heavy atom. The first-order valence-electron chi connectivity index (χ1n) is 11.7. The summed E-state index contributed by atoms with van der Waals surface area (Å²) in [7, 11) is -5.02. The summed E-state index contributed by atoms with van der Waals surface area (Å²) in [6.45, 7) is 2.86. The first-order chi connectivity index (χ1) is 16.1. The van der Waals surface area contributed by atoms with Crippen molar-refractivity contribution in [1.29, 1.82) is 0 Å². The van der Waals surface area contributed by atoms with Gasteiger partial charge >= 0.3 is 16.4 Å². The zero-order valence-electron chi connectivity index (χ0n) is 19.9. The maximum atomic E-state index is 11.4. The molecule has 12 nitrogen and oxygen atoms in total. The average molecular weight is 517 g/mol. The molecule has 0 saturated carbocycles. The van der Waals surface area contributed by atoms with Crippen molar-refractivity contribution in [2.45, 2.75) is 102 Å². The summed E-state index contributed by atoms with van der Waals surface area (Å²) >= 11 is 0. The Labute approximate surface area is 201 Å². The van der Waals surface area contributed by atoms with Crippen molar-refractivity contribution in [1.82, 2.24) is 0 Å². The van der Waals surface area contributed by atoms with Crippen LogP contribution in [0.2, 0.25) is 0 Å². The molecule has 34 heavy (non-hydrogen) atoms. The van der Waals surface area contributed by atoms with Gasteiger partial charge in [-0.05, 0) is 6.42 Å². The van der Waals surface area contributed by atoms with Gasteiger partial charge < -0.3 is 34.3 Å². The molecule has 0 aromatic carbocycles. The third-order valence-corrected chi connectivity index (χ3v) is 5.74. The lowest BCUT2D eigenvalue weighted by atomic mass is 9.99. The van der Waals surface area contributed by atoms with Crippen LogP contribution in [0.5, 0.6) is 0 Å². The van der Waals surface area contributed by atoms with Crippen molar-refractivity contribution in [2.24, 2.45) is 0 Å². The number of ether oxygens (including phenoxy) is 4. The van der Waals surface area contributed by atoms with Crippen LogP contribution in [0.1, 0.15) is 65.2 Å². The lowest BCUT2D eigenvalue weighted by Crippen LogP contribution is -2.60. The second-order valence-corrected chi connectivity index (χ2v) is 9.36. The first kappa shape index (κ1) is 31.1. The van der Waals surface area contributed by atoms with Crippen LogP contribution in [-0.4, -0.2) is 97.5 Å². The van der Waals surface area contributed by atoms with Crippen LogP contribution in [0.4, 0.5) is 0 Å². The summed E-state index contributed by atoms with van der Waals surface area (Å²) in [5, 5.41) is 29.7. The summed E-state index contributed by atoms with van der Waals surface area (Å²) in [6, 6.07) is 0. The summed E-state index contributed by atoms with van der Waals surface area (Å²) in [4.78, 5) is 11.4. The topological polar surface area (TPSA) is 178 Å². The van der Waals surface area contributed by atoms with Crippen molar-refractivity contribution < 1.29 is 56.2 Å². The zero-order valence-corrected chi connectivity index (χ0v) is 20.7. The van der Waals surface area contributed by atoms with E-state index in [1.54, 1.807) is 0 Å².